The lowest BCUT2D eigenvalue weighted by atomic mass is 9.67. The molecule has 4 heteroatoms. The first-order chi connectivity index (χ1) is 17.2. The number of para-hydroxylation sites is 1. The largest absolute Gasteiger partial charge is 0.390 e. The average molecular weight is 505 g/mol. The SMILES string of the molecule is CC[Si](CC)(CC)c1[nH]c2ccccc2c1CC(C)CC1(O)CCC(c2ccccc2)(N(C)C)CC1. The Labute approximate surface area is 220 Å². The monoisotopic (exact) mass is 504 g/mol. The van der Waals surface area contributed by atoms with Crippen molar-refractivity contribution in [3.8, 4) is 0 Å². The van der Waals surface area contributed by atoms with E-state index in [0.717, 1.165) is 38.5 Å². The lowest BCUT2D eigenvalue weighted by Crippen LogP contribution is -2.50. The van der Waals surface area contributed by atoms with Crippen LogP contribution in [0.3, 0.4) is 0 Å². The second kappa shape index (κ2) is 10.8. The van der Waals surface area contributed by atoms with Crippen LogP contribution in [-0.2, 0) is 12.0 Å². The van der Waals surface area contributed by atoms with Crippen molar-refractivity contribution in [2.75, 3.05) is 14.1 Å². The van der Waals surface area contributed by atoms with Gasteiger partial charge in [0, 0.05) is 21.8 Å². The standard InChI is InChI=1S/C32H48N2OSi/c1-7-36(8-2,9-3)30-28(27-17-13-14-18-29(27)33-30)23-25(4)24-31(35)19-21-32(22-20-31,34(5)6)26-15-11-10-12-16-26/h10-18,25,33,35H,7-9,19-24H2,1-6H3. The van der Waals surface area contributed by atoms with E-state index in [0.29, 0.717) is 5.92 Å². The normalized spacial score (nSPS) is 23.9. The number of aromatic nitrogens is 1. The van der Waals surface area contributed by atoms with E-state index in [-0.39, 0.29) is 5.54 Å². The number of hydrogen-bond acceptors (Lipinski definition) is 2. The summed E-state index contributed by atoms with van der Waals surface area (Å²) in [5.74, 6) is 0.439. The molecule has 0 amide bonds. The molecular formula is C32H48N2OSi. The second-order valence-electron chi connectivity index (χ2n) is 11.9. The molecule has 0 radical (unpaired) electrons. The molecule has 1 aromatic heterocycles. The summed E-state index contributed by atoms with van der Waals surface area (Å²) in [6.45, 7) is 9.55. The van der Waals surface area contributed by atoms with Gasteiger partial charge in [0.15, 0.2) is 0 Å². The zero-order valence-electron chi connectivity index (χ0n) is 23.5. The summed E-state index contributed by atoms with van der Waals surface area (Å²) in [6.07, 6.45) is 5.66. The van der Waals surface area contributed by atoms with Crippen molar-refractivity contribution in [2.45, 2.75) is 95.5 Å². The van der Waals surface area contributed by atoms with Crippen molar-refractivity contribution >= 4 is 24.3 Å². The Morgan fingerprint density at radius 2 is 1.47 bits per heavy atom. The first-order valence-electron chi connectivity index (χ1n) is 14.3. The molecule has 2 aromatic carbocycles. The quantitative estimate of drug-likeness (QED) is 0.286. The van der Waals surface area contributed by atoms with Crippen molar-refractivity contribution < 1.29 is 5.11 Å². The van der Waals surface area contributed by atoms with E-state index in [4.69, 9.17) is 0 Å². The van der Waals surface area contributed by atoms with Gasteiger partial charge in [0.25, 0.3) is 0 Å². The van der Waals surface area contributed by atoms with Crippen LogP contribution in [0.1, 0.15) is 70.9 Å². The number of fused-ring (bicyclic) bond motifs is 1. The third-order valence-electron chi connectivity index (χ3n) is 9.83. The lowest BCUT2D eigenvalue weighted by molar-refractivity contribution is -0.0593. The number of nitrogens with one attached hydrogen (secondary N) is 1. The summed E-state index contributed by atoms with van der Waals surface area (Å²) in [6, 6.07) is 23.6. The number of aliphatic hydroxyl groups is 1. The van der Waals surface area contributed by atoms with Crippen LogP contribution in [0.15, 0.2) is 54.6 Å². The maximum Gasteiger partial charge on any atom is 0.107 e. The fourth-order valence-electron chi connectivity index (χ4n) is 7.29. The molecule has 1 atom stereocenters. The minimum absolute atomic E-state index is 0.0231. The second-order valence-corrected chi connectivity index (χ2v) is 17.1. The van der Waals surface area contributed by atoms with Crippen molar-refractivity contribution in [1.82, 2.24) is 9.88 Å². The van der Waals surface area contributed by atoms with E-state index in [1.54, 1.807) is 10.9 Å². The predicted molar refractivity (Wildman–Crippen MR) is 158 cm³/mol. The smallest absolute Gasteiger partial charge is 0.107 e. The molecule has 2 N–H and O–H groups in total. The van der Waals surface area contributed by atoms with Gasteiger partial charge < -0.3 is 10.1 Å². The number of aromatic amines is 1. The number of benzene rings is 2. The third-order valence-corrected chi connectivity index (χ3v) is 15.4. The summed E-state index contributed by atoms with van der Waals surface area (Å²) in [4.78, 5) is 6.29. The van der Waals surface area contributed by atoms with E-state index < -0.39 is 13.7 Å². The maximum absolute atomic E-state index is 11.8. The first-order valence-corrected chi connectivity index (χ1v) is 16.9. The highest BCUT2D eigenvalue weighted by Gasteiger charge is 2.44. The Kier molecular flexibility index (Phi) is 8.18. The van der Waals surface area contributed by atoms with E-state index in [1.807, 2.05) is 0 Å². The molecule has 4 rings (SSSR count). The summed E-state index contributed by atoms with van der Waals surface area (Å²) >= 11 is 0. The number of hydrogen-bond donors (Lipinski definition) is 2. The Morgan fingerprint density at radius 3 is 2.06 bits per heavy atom. The van der Waals surface area contributed by atoms with Gasteiger partial charge in [0.05, 0.1) is 5.60 Å². The van der Waals surface area contributed by atoms with Gasteiger partial charge in [-0.15, -0.1) is 0 Å². The summed E-state index contributed by atoms with van der Waals surface area (Å²) in [5, 5.41) is 14.8. The van der Waals surface area contributed by atoms with Gasteiger partial charge in [-0.3, -0.25) is 4.90 Å². The summed E-state index contributed by atoms with van der Waals surface area (Å²) in [7, 11) is 2.84. The molecule has 1 fully saturated rings. The van der Waals surface area contributed by atoms with E-state index in [1.165, 1.54) is 34.6 Å². The van der Waals surface area contributed by atoms with Crippen LogP contribution in [0.4, 0.5) is 0 Å². The Balaban J connectivity index is 1.55. The molecule has 1 aliphatic carbocycles. The number of rotatable bonds is 10. The zero-order chi connectivity index (χ0) is 26.0. The summed E-state index contributed by atoms with van der Waals surface area (Å²) in [5.41, 5.74) is 3.66. The molecule has 196 valence electrons. The average Bonchev–Trinajstić information content (AvgIpc) is 3.25. The van der Waals surface area contributed by atoms with Gasteiger partial charge in [0.1, 0.15) is 8.07 Å². The molecular weight excluding hydrogens is 456 g/mol. The van der Waals surface area contributed by atoms with Crippen molar-refractivity contribution in [3.05, 3.63) is 65.7 Å². The van der Waals surface area contributed by atoms with Crippen LogP contribution in [-0.4, -0.2) is 42.8 Å². The molecule has 1 saturated carbocycles. The van der Waals surface area contributed by atoms with Crippen LogP contribution in [0.2, 0.25) is 18.1 Å². The topological polar surface area (TPSA) is 39.3 Å². The highest BCUT2D eigenvalue weighted by Crippen LogP contribution is 2.46. The minimum Gasteiger partial charge on any atom is -0.390 e. The molecule has 0 bridgehead atoms. The van der Waals surface area contributed by atoms with Crippen molar-refractivity contribution in [3.63, 3.8) is 0 Å². The molecule has 3 nitrogen and oxygen atoms in total. The molecule has 36 heavy (non-hydrogen) atoms. The third kappa shape index (κ3) is 4.97. The summed E-state index contributed by atoms with van der Waals surface area (Å²) < 4.78 is 0. The molecule has 0 spiro atoms. The van der Waals surface area contributed by atoms with E-state index >= 15 is 0 Å². The maximum atomic E-state index is 11.8. The Hall–Kier alpha value is -1.88. The fourth-order valence-corrected chi connectivity index (χ4v) is 11.1. The van der Waals surface area contributed by atoms with E-state index in [9.17, 15) is 5.11 Å². The molecule has 1 heterocycles. The number of H-pyrrole nitrogens is 1. The van der Waals surface area contributed by atoms with Crippen LogP contribution >= 0.6 is 0 Å². The highest BCUT2D eigenvalue weighted by atomic mass is 28.3. The molecule has 0 aliphatic heterocycles. The first kappa shape index (κ1) is 27.2. The molecule has 0 saturated heterocycles. The molecule has 3 aromatic rings. The molecule has 1 aliphatic rings. The highest BCUT2D eigenvalue weighted by molar-refractivity contribution is 6.91. The van der Waals surface area contributed by atoms with Crippen LogP contribution < -0.4 is 5.32 Å². The Bertz CT molecular complexity index is 1120. The zero-order valence-corrected chi connectivity index (χ0v) is 24.5. The van der Waals surface area contributed by atoms with Crippen molar-refractivity contribution in [1.29, 1.82) is 0 Å². The van der Waals surface area contributed by atoms with E-state index in [2.05, 4.69) is 106 Å². The van der Waals surface area contributed by atoms with Gasteiger partial charge in [-0.2, -0.15) is 0 Å². The lowest BCUT2D eigenvalue weighted by Gasteiger charge is -2.49. The Morgan fingerprint density at radius 1 is 0.889 bits per heavy atom. The van der Waals surface area contributed by atoms with Gasteiger partial charge >= 0.3 is 0 Å². The molecule has 1 unspecified atom stereocenters. The van der Waals surface area contributed by atoms with Crippen LogP contribution in [0.25, 0.3) is 10.9 Å². The predicted octanol–water partition coefficient (Wildman–Crippen LogP) is 7.21. The van der Waals surface area contributed by atoms with Crippen LogP contribution in [0, 0.1) is 5.92 Å². The van der Waals surface area contributed by atoms with Gasteiger partial charge in [-0.1, -0.05) is 94.4 Å². The fraction of sp³-hybridized carbons (Fsp3) is 0.562. The number of nitrogens with zero attached hydrogens (tertiary/aromatic N) is 1. The van der Waals surface area contributed by atoms with Gasteiger partial charge in [-0.05, 0) is 75.7 Å². The van der Waals surface area contributed by atoms with Crippen molar-refractivity contribution in [2.24, 2.45) is 5.92 Å². The van der Waals surface area contributed by atoms with Gasteiger partial charge in [-0.25, -0.2) is 0 Å². The van der Waals surface area contributed by atoms with Gasteiger partial charge in [0.2, 0.25) is 0 Å². The van der Waals surface area contributed by atoms with Crippen LogP contribution in [0.5, 0.6) is 0 Å². The minimum atomic E-state index is -1.55.